The highest BCUT2D eigenvalue weighted by Gasteiger charge is 2.31. The van der Waals surface area contributed by atoms with Gasteiger partial charge in [0.05, 0.1) is 11.6 Å². The number of benzene rings is 1. The second-order valence-electron chi connectivity index (χ2n) is 4.85. The molecule has 1 heterocycles. The number of nitrogens with two attached hydrogens (primary N) is 1. The predicted molar refractivity (Wildman–Crippen MR) is 68.3 cm³/mol. The first-order chi connectivity index (χ1) is 9.41. The van der Waals surface area contributed by atoms with Crippen LogP contribution in [0.2, 0.25) is 0 Å². The Hall–Kier alpha value is -1.76. The van der Waals surface area contributed by atoms with E-state index in [-0.39, 0.29) is 11.9 Å². The van der Waals surface area contributed by atoms with E-state index in [1.54, 1.807) is 6.07 Å². The summed E-state index contributed by atoms with van der Waals surface area (Å²) < 4.78 is 38.0. The summed E-state index contributed by atoms with van der Waals surface area (Å²) in [5.74, 6) is 0.106. The maximum absolute atomic E-state index is 12.7. The lowest BCUT2D eigenvalue weighted by atomic mass is 10.1. The molecule has 1 unspecified atom stereocenters. The van der Waals surface area contributed by atoms with E-state index in [0.29, 0.717) is 12.1 Å². The van der Waals surface area contributed by atoms with E-state index < -0.39 is 11.7 Å². The van der Waals surface area contributed by atoms with Gasteiger partial charge in [-0.1, -0.05) is 23.4 Å². The van der Waals surface area contributed by atoms with Crippen LogP contribution in [0.25, 0.3) is 0 Å². The third kappa shape index (κ3) is 3.22. The Morgan fingerprint density at radius 1 is 1.45 bits per heavy atom. The van der Waals surface area contributed by atoms with Crippen molar-refractivity contribution in [3.8, 4) is 0 Å². The molecule has 2 rings (SSSR count). The summed E-state index contributed by atoms with van der Waals surface area (Å²) in [5.41, 5.74) is 5.51. The summed E-state index contributed by atoms with van der Waals surface area (Å²) in [6, 6.07) is 5.02. The van der Waals surface area contributed by atoms with E-state index in [9.17, 15) is 13.2 Å². The average molecular weight is 287 g/mol. The summed E-state index contributed by atoms with van der Waals surface area (Å²) in [6.45, 7) is 1.07. The van der Waals surface area contributed by atoms with Crippen LogP contribution >= 0.6 is 0 Å². The lowest BCUT2D eigenvalue weighted by Crippen LogP contribution is -2.40. The summed E-state index contributed by atoms with van der Waals surface area (Å²) in [6.07, 6.45) is -2.72. The zero-order valence-electron chi connectivity index (χ0n) is 10.8. The van der Waals surface area contributed by atoms with Crippen LogP contribution in [0.15, 0.2) is 29.4 Å². The van der Waals surface area contributed by atoms with E-state index in [1.165, 1.54) is 6.07 Å². The van der Waals surface area contributed by atoms with Crippen LogP contribution in [0.3, 0.4) is 0 Å². The largest absolute Gasteiger partial charge is 0.416 e. The molecule has 0 saturated carbocycles. The second-order valence-corrected chi connectivity index (χ2v) is 4.85. The Morgan fingerprint density at radius 2 is 2.20 bits per heavy atom. The molecular formula is C13H16F3N3O. The molecule has 1 aromatic carbocycles. The normalized spacial score (nSPS) is 21.4. The average Bonchev–Trinajstić information content (AvgIpc) is 2.85. The molecule has 3 N–H and O–H groups in total. The fourth-order valence-corrected chi connectivity index (χ4v) is 2.50. The van der Waals surface area contributed by atoms with Crippen molar-refractivity contribution in [2.24, 2.45) is 10.9 Å². The highest BCUT2D eigenvalue weighted by atomic mass is 19.4. The fraction of sp³-hybridized carbons (Fsp3) is 0.462. The van der Waals surface area contributed by atoms with Crippen molar-refractivity contribution in [3.63, 3.8) is 0 Å². The van der Waals surface area contributed by atoms with Crippen molar-refractivity contribution in [3.05, 3.63) is 35.4 Å². The molecule has 1 aliphatic rings. The molecule has 7 heteroatoms. The van der Waals surface area contributed by atoms with E-state index in [1.807, 2.05) is 4.90 Å². The van der Waals surface area contributed by atoms with Gasteiger partial charge in [-0.05, 0) is 31.0 Å². The van der Waals surface area contributed by atoms with E-state index in [4.69, 9.17) is 10.9 Å². The molecule has 20 heavy (non-hydrogen) atoms. The second kappa shape index (κ2) is 5.70. The minimum absolute atomic E-state index is 0.106. The lowest BCUT2D eigenvalue weighted by molar-refractivity contribution is -0.137. The molecule has 0 bridgehead atoms. The summed E-state index contributed by atoms with van der Waals surface area (Å²) >= 11 is 0. The number of oxime groups is 1. The lowest BCUT2D eigenvalue weighted by Gasteiger charge is -2.23. The van der Waals surface area contributed by atoms with Gasteiger partial charge in [0, 0.05) is 6.54 Å². The minimum Gasteiger partial charge on any atom is -0.409 e. The molecule has 0 spiro atoms. The number of hydrogen-bond donors (Lipinski definition) is 2. The summed E-state index contributed by atoms with van der Waals surface area (Å²) in [4.78, 5) is 1.92. The number of likely N-dealkylation sites (tertiary alicyclic amines) is 1. The van der Waals surface area contributed by atoms with Gasteiger partial charge in [-0.15, -0.1) is 0 Å². The monoisotopic (exact) mass is 287 g/mol. The number of alkyl halides is 3. The molecule has 1 aliphatic heterocycles. The Kier molecular flexibility index (Phi) is 4.17. The molecule has 0 amide bonds. The molecule has 0 radical (unpaired) electrons. The molecule has 4 nitrogen and oxygen atoms in total. The number of rotatable bonds is 3. The minimum atomic E-state index is -4.34. The molecule has 1 aromatic rings. The van der Waals surface area contributed by atoms with Crippen molar-refractivity contribution in [2.75, 3.05) is 6.54 Å². The SMILES string of the molecule is NC(=NO)C1CCCN1Cc1cccc(C(F)(F)F)c1. The van der Waals surface area contributed by atoms with Gasteiger partial charge in [-0.25, -0.2) is 0 Å². The molecule has 1 fully saturated rings. The van der Waals surface area contributed by atoms with Crippen LogP contribution in [0.5, 0.6) is 0 Å². The van der Waals surface area contributed by atoms with Crippen molar-refractivity contribution in [2.45, 2.75) is 31.6 Å². The Morgan fingerprint density at radius 3 is 2.85 bits per heavy atom. The Labute approximate surface area is 114 Å². The zero-order chi connectivity index (χ0) is 14.8. The summed E-state index contributed by atoms with van der Waals surface area (Å²) in [7, 11) is 0. The van der Waals surface area contributed by atoms with Gasteiger partial charge < -0.3 is 10.9 Å². The van der Waals surface area contributed by atoms with Crippen LogP contribution < -0.4 is 5.73 Å². The smallest absolute Gasteiger partial charge is 0.409 e. The first-order valence-electron chi connectivity index (χ1n) is 6.29. The van der Waals surface area contributed by atoms with Gasteiger partial charge >= 0.3 is 6.18 Å². The number of amidine groups is 1. The van der Waals surface area contributed by atoms with Gasteiger partial charge in [0.2, 0.25) is 0 Å². The van der Waals surface area contributed by atoms with E-state index in [2.05, 4.69) is 5.16 Å². The highest BCUT2D eigenvalue weighted by Crippen LogP contribution is 2.30. The van der Waals surface area contributed by atoms with Crippen LogP contribution in [0.4, 0.5) is 13.2 Å². The standard InChI is InChI=1S/C13H16F3N3O/c14-13(15,16)10-4-1-3-9(7-10)8-19-6-2-5-11(19)12(17)18-20/h1,3-4,7,11,20H,2,5-6,8H2,(H2,17,18). The maximum atomic E-state index is 12.7. The Balaban J connectivity index is 2.14. The van der Waals surface area contributed by atoms with E-state index in [0.717, 1.165) is 31.5 Å². The van der Waals surface area contributed by atoms with Gasteiger partial charge in [-0.2, -0.15) is 13.2 Å². The third-order valence-electron chi connectivity index (χ3n) is 3.46. The molecule has 110 valence electrons. The quantitative estimate of drug-likeness (QED) is 0.388. The van der Waals surface area contributed by atoms with Gasteiger partial charge in [0.15, 0.2) is 5.84 Å². The number of hydrogen-bond acceptors (Lipinski definition) is 3. The van der Waals surface area contributed by atoms with Crippen molar-refractivity contribution >= 4 is 5.84 Å². The first-order valence-corrected chi connectivity index (χ1v) is 6.29. The maximum Gasteiger partial charge on any atom is 0.416 e. The van der Waals surface area contributed by atoms with Crippen LogP contribution in [-0.4, -0.2) is 28.5 Å². The molecule has 1 saturated heterocycles. The van der Waals surface area contributed by atoms with Crippen LogP contribution in [0, 0.1) is 0 Å². The fourth-order valence-electron chi connectivity index (χ4n) is 2.50. The predicted octanol–water partition coefficient (Wildman–Crippen LogP) is 2.42. The van der Waals surface area contributed by atoms with Gasteiger partial charge in [0.25, 0.3) is 0 Å². The van der Waals surface area contributed by atoms with Crippen molar-refractivity contribution in [1.82, 2.24) is 4.90 Å². The molecule has 0 aromatic heterocycles. The topological polar surface area (TPSA) is 61.9 Å². The molecular weight excluding hydrogens is 271 g/mol. The number of nitrogens with zero attached hydrogens (tertiary/aromatic N) is 2. The van der Waals surface area contributed by atoms with Crippen LogP contribution in [-0.2, 0) is 12.7 Å². The zero-order valence-corrected chi connectivity index (χ0v) is 10.8. The van der Waals surface area contributed by atoms with Crippen molar-refractivity contribution < 1.29 is 18.4 Å². The van der Waals surface area contributed by atoms with Crippen LogP contribution in [0.1, 0.15) is 24.0 Å². The summed E-state index contributed by atoms with van der Waals surface area (Å²) in [5, 5.41) is 11.7. The highest BCUT2D eigenvalue weighted by molar-refractivity contribution is 5.85. The number of halogens is 3. The van der Waals surface area contributed by atoms with Gasteiger partial charge in [0.1, 0.15) is 0 Å². The Bertz CT molecular complexity index is 502. The molecule has 1 atom stereocenters. The van der Waals surface area contributed by atoms with Crippen molar-refractivity contribution in [1.29, 1.82) is 0 Å². The van der Waals surface area contributed by atoms with Gasteiger partial charge in [-0.3, -0.25) is 4.90 Å². The third-order valence-corrected chi connectivity index (χ3v) is 3.46. The van der Waals surface area contributed by atoms with E-state index >= 15 is 0 Å². The molecule has 0 aliphatic carbocycles. The first kappa shape index (κ1) is 14.6.